The molecular formula is C28H31ClN2O5. The second-order valence-electron chi connectivity index (χ2n) is 9.20. The molecule has 190 valence electrons. The van der Waals surface area contributed by atoms with Gasteiger partial charge in [-0.3, -0.25) is 4.79 Å². The zero-order valence-corrected chi connectivity index (χ0v) is 21.7. The minimum absolute atomic E-state index is 0.0437. The van der Waals surface area contributed by atoms with E-state index in [1.54, 1.807) is 39.8 Å². The highest BCUT2D eigenvalue weighted by atomic mass is 35.5. The van der Waals surface area contributed by atoms with Crippen LogP contribution >= 0.6 is 11.6 Å². The van der Waals surface area contributed by atoms with Crippen LogP contribution in [0.4, 0.5) is 4.79 Å². The van der Waals surface area contributed by atoms with Gasteiger partial charge >= 0.3 is 12.1 Å². The maximum Gasteiger partial charge on any atom is 0.407 e. The number of alkyl carbamates (subject to hydrolysis) is 1. The van der Waals surface area contributed by atoms with Gasteiger partial charge in [0, 0.05) is 18.3 Å². The van der Waals surface area contributed by atoms with E-state index in [1.165, 1.54) is 6.20 Å². The van der Waals surface area contributed by atoms with Crippen molar-refractivity contribution >= 4 is 23.7 Å². The second-order valence-corrected chi connectivity index (χ2v) is 9.63. The summed E-state index contributed by atoms with van der Waals surface area (Å²) in [6, 6.07) is 18.5. The van der Waals surface area contributed by atoms with E-state index >= 15 is 0 Å². The van der Waals surface area contributed by atoms with Crippen LogP contribution in [0.3, 0.4) is 0 Å². The van der Waals surface area contributed by atoms with Crippen molar-refractivity contribution in [3.63, 3.8) is 0 Å². The molecule has 0 saturated carbocycles. The number of pyridine rings is 1. The number of hydrogen-bond acceptors (Lipinski definition) is 6. The van der Waals surface area contributed by atoms with Gasteiger partial charge in [-0.15, -0.1) is 0 Å². The largest absolute Gasteiger partial charge is 0.466 e. The van der Waals surface area contributed by atoms with Crippen LogP contribution in [0.15, 0.2) is 66.9 Å². The van der Waals surface area contributed by atoms with Gasteiger partial charge in [-0.1, -0.05) is 48.0 Å². The lowest BCUT2D eigenvalue weighted by molar-refractivity contribution is -0.143. The van der Waals surface area contributed by atoms with Crippen molar-refractivity contribution in [2.24, 2.45) is 0 Å². The van der Waals surface area contributed by atoms with E-state index in [-0.39, 0.29) is 19.0 Å². The quantitative estimate of drug-likeness (QED) is 0.327. The number of halogens is 1. The highest BCUT2D eigenvalue weighted by Crippen LogP contribution is 2.26. The van der Waals surface area contributed by atoms with Crippen LogP contribution in [0.5, 0.6) is 11.6 Å². The summed E-state index contributed by atoms with van der Waals surface area (Å²) < 4.78 is 16.2. The fraction of sp³-hybridized carbons (Fsp3) is 0.321. The maximum atomic E-state index is 12.4. The predicted molar refractivity (Wildman–Crippen MR) is 139 cm³/mol. The van der Waals surface area contributed by atoms with E-state index in [0.29, 0.717) is 23.1 Å². The number of carbonyl (C=O) groups is 2. The highest BCUT2D eigenvalue weighted by Gasteiger charge is 2.22. The minimum atomic E-state index is -0.641. The Morgan fingerprint density at radius 3 is 2.42 bits per heavy atom. The van der Waals surface area contributed by atoms with E-state index in [4.69, 9.17) is 25.8 Å². The summed E-state index contributed by atoms with van der Waals surface area (Å²) in [7, 11) is 0. The van der Waals surface area contributed by atoms with Crippen LogP contribution in [-0.4, -0.2) is 35.3 Å². The number of amides is 1. The molecule has 36 heavy (non-hydrogen) atoms. The van der Waals surface area contributed by atoms with Crippen LogP contribution in [0, 0.1) is 0 Å². The van der Waals surface area contributed by atoms with Crippen LogP contribution in [-0.2, 0) is 20.7 Å². The smallest absolute Gasteiger partial charge is 0.407 e. The van der Waals surface area contributed by atoms with Crippen LogP contribution in [0.25, 0.3) is 11.1 Å². The van der Waals surface area contributed by atoms with E-state index < -0.39 is 17.7 Å². The summed E-state index contributed by atoms with van der Waals surface area (Å²) >= 11 is 5.87. The van der Waals surface area contributed by atoms with Gasteiger partial charge in [0.05, 0.1) is 18.1 Å². The minimum Gasteiger partial charge on any atom is -0.466 e. The number of carbonyl (C=O) groups excluding carboxylic acids is 2. The first-order chi connectivity index (χ1) is 17.1. The van der Waals surface area contributed by atoms with Crippen molar-refractivity contribution in [2.75, 3.05) is 6.61 Å². The Morgan fingerprint density at radius 2 is 1.78 bits per heavy atom. The number of hydrogen-bond donors (Lipinski definition) is 1. The molecule has 0 aliphatic heterocycles. The van der Waals surface area contributed by atoms with Crippen molar-refractivity contribution in [3.8, 4) is 22.8 Å². The number of aromatic nitrogens is 1. The lowest BCUT2D eigenvalue weighted by Crippen LogP contribution is -2.41. The van der Waals surface area contributed by atoms with Gasteiger partial charge in [-0.2, -0.15) is 0 Å². The van der Waals surface area contributed by atoms with Gasteiger partial charge in [0.2, 0.25) is 5.88 Å². The van der Waals surface area contributed by atoms with E-state index in [2.05, 4.69) is 10.3 Å². The summed E-state index contributed by atoms with van der Waals surface area (Å²) in [5.74, 6) is 0.737. The molecular weight excluding hydrogens is 480 g/mol. The number of nitrogens with zero attached hydrogens (tertiary/aromatic N) is 1. The molecule has 1 N–H and O–H groups in total. The second kappa shape index (κ2) is 12.4. The lowest BCUT2D eigenvalue weighted by Gasteiger charge is -2.23. The molecule has 0 radical (unpaired) electrons. The molecule has 1 heterocycles. The Hall–Kier alpha value is -3.58. The Morgan fingerprint density at radius 1 is 1.03 bits per heavy atom. The van der Waals surface area contributed by atoms with Crippen molar-refractivity contribution in [1.29, 1.82) is 0 Å². The van der Waals surface area contributed by atoms with Gasteiger partial charge in [0.25, 0.3) is 0 Å². The van der Waals surface area contributed by atoms with E-state index in [1.807, 2.05) is 48.5 Å². The Kier molecular flexibility index (Phi) is 9.31. The fourth-order valence-electron chi connectivity index (χ4n) is 3.49. The molecule has 1 amide bonds. The Labute approximate surface area is 216 Å². The Balaban J connectivity index is 1.71. The topological polar surface area (TPSA) is 86.8 Å². The van der Waals surface area contributed by atoms with Crippen molar-refractivity contribution in [3.05, 3.63) is 77.4 Å². The molecule has 0 aliphatic carbocycles. The van der Waals surface area contributed by atoms with Gasteiger partial charge in [-0.05, 0) is 69.0 Å². The number of rotatable bonds is 9. The zero-order valence-electron chi connectivity index (χ0n) is 20.9. The molecule has 1 atom stereocenters. The van der Waals surface area contributed by atoms with Gasteiger partial charge in [-0.25, -0.2) is 9.78 Å². The average Bonchev–Trinajstić information content (AvgIpc) is 2.80. The zero-order chi connectivity index (χ0) is 26.1. The molecule has 1 unspecified atom stereocenters. The monoisotopic (exact) mass is 510 g/mol. The fourth-order valence-corrected chi connectivity index (χ4v) is 3.60. The molecule has 3 rings (SSSR count). The first-order valence-electron chi connectivity index (χ1n) is 11.7. The van der Waals surface area contributed by atoms with E-state index in [0.717, 1.165) is 16.7 Å². The number of esters is 1. The normalized spacial score (nSPS) is 11.9. The van der Waals surface area contributed by atoms with Crippen LogP contribution in [0.1, 0.15) is 39.7 Å². The maximum absolute atomic E-state index is 12.4. The predicted octanol–water partition coefficient (Wildman–Crippen LogP) is 6.58. The SMILES string of the molecule is CCOC(=O)CC(Cc1cccc(-c2ccc(Oc3ccc(Cl)cn3)cc2)c1)NC(=O)OC(C)(C)C. The standard InChI is InChI=1S/C28H31ClN2O5/c1-5-34-26(32)17-23(31-27(33)36-28(2,3)4)16-19-7-6-8-21(15-19)20-9-12-24(13-10-20)35-25-14-11-22(29)18-30-25/h6-15,18,23H,5,16-17H2,1-4H3,(H,31,33). The third-order valence-corrected chi connectivity index (χ3v) is 5.18. The molecule has 0 spiro atoms. The summed E-state index contributed by atoms with van der Waals surface area (Å²) in [5.41, 5.74) is 2.31. The first-order valence-corrected chi connectivity index (χ1v) is 12.1. The molecule has 3 aromatic rings. The van der Waals surface area contributed by atoms with Gasteiger partial charge in [0.15, 0.2) is 0 Å². The molecule has 1 aromatic heterocycles. The first kappa shape index (κ1) is 27.0. The average molecular weight is 511 g/mol. The molecule has 0 bridgehead atoms. The highest BCUT2D eigenvalue weighted by molar-refractivity contribution is 6.30. The summed E-state index contributed by atoms with van der Waals surface area (Å²) in [6.45, 7) is 7.40. The number of ether oxygens (including phenoxy) is 3. The van der Waals surface area contributed by atoms with Crippen molar-refractivity contribution in [1.82, 2.24) is 10.3 Å². The molecule has 0 aliphatic rings. The van der Waals surface area contributed by atoms with Crippen molar-refractivity contribution in [2.45, 2.75) is 52.2 Å². The van der Waals surface area contributed by atoms with Gasteiger partial charge in [0.1, 0.15) is 11.4 Å². The molecule has 8 heteroatoms. The third kappa shape index (κ3) is 8.89. The lowest BCUT2D eigenvalue weighted by atomic mass is 9.98. The van der Waals surface area contributed by atoms with E-state index in [9.17, 15) is 9.59 Å². The molecule has 2 aromatic carbocycles. The Bertz CT molecular complexity index is 1160. The summed E-state index contributed by atoms with van der Waals surface area (Å²) in [5, 5.41) is 3.36. The van der Waals surface area contributed by atoms with Crippen molar-refractivity contribution < 1.29 is 23.8 Å². The molecule has 0 saturated heterocycles. The molecule has 0 fully saturated rings. The number of nitrogens with one attached hydrogen (secondary N) is 1. The third-order valence-electron chi connectivity index (χ3n) is 4.96. The van der Waals surface area contributed by atoms with Crippen LogP contribution < -0.4 is 10.1 Å². The van der Waals surface area contributed by atoms with Crippen LogP contribution in [0.2, 0.25) is 5.02 Å². The summed E-state index contributed by atoms with van der Waals surface area (Å²) in [6.07, 6.45) is 1.44. The van der Waals surface area contributed by atoms with Gasteiger partial charge < -0.3 is 19.5 Å². The number of benzene rings is 2. The summed E-state index contributed by atoms with van der Waals surface area (Å²) in [4.78, 5) is 28.6. The molecule has 7 nitrogen and oxygen atoms in total.